The summed E-state index contributed by atoms with van der Waals surface area (Å²) in [5, 5.41) is 23.9. The molecule has 296 valence electrons. The molecule has 12 nitrogen and oxygen atoms in total. The SMILES string of the molecule is COc1ccc([Si](C)(C)[C@H]2[C@H](CC(=O)N3Cc4ccccc4C[C@H]3CO)O[C@@]3(C(=O)N(Cc4cccc(N5CCCC5=O)c4)c4ccc([N+](=O)[O-])cc43)[C@@H]2C)cc1. The number of ether oxygens (including phenoxy) is 2. The standard InChI is InChI=1S/C44H48N4O8Si/c1-28-42(57(3,4)36-17-15-35(55-2)16-18-36)39(24-41(51)46-26-31-11-6-5-10-30(31)22-34(46)27-49)56-44(28)37-23-33(48(53)54)14-19-38(37)47(43(44)52)25-29-9-7-12-32(21-29)45-20-8-13-40(45)50/h5-7,9-12,14-19,21,23,28,34,39,42,49H,8,13,20,22,24-27H2,1-4H3/t28-,34+,39+,42-,44+/m1/s1. The van der Waals surface area contributed by atoms with Crippen LogP contribution in [0.15, 0.2) is 91.0 Å². The second kappa shape index (κ2) is 14.9. The van der Waals surface area contributed by atoms with Crippen LogP contribution in [0.25, 0.3) is 0 Å². The van der Waals surface area contributed by atoms with E-state index in [1.54, 1.807) is 27.9 Å². The van der Waals surface area contributed by atoms with Crippen molar-refractivity contribution >= 4 is 48.0 Å². The van der Waals surface area contributed by atoms with Gasteiger partial charge in [-0.15, -0.1) is 0 Å². The molecular weight excluding hydrogens is 741 g/mol. The lowest BCUT2D eigenvalue weighted by Gasteiger charge is -2.39. The highest BCUT2D eigenvalue weighted by Gasteiger charge is 2.67. The molecule has 8 rings (SSSR count). The van der Waals surface area contributed by atoms with Gasteiger partial charge in [-0.25, -0.2) is 0 Å². The molecule has 0 unspecified atom stereocenters. The van der Waals surface area contributed by atoms with Gasteiger partial charge in [0, 0.05) is 48.8 Å². The molecule has 0 radical (unpaired) electrons. The molecule has 57 heavy (non-hydrogen) atoms. The summed E-state index contributed by atoms with van der Waals surface area (Å²) in [6.45, 7) is 7.37. The van der Waals surface area contributed by atoms with E-state index in [4.69, 9.17) is 9.47 Å². The Labute approximate surface area is 333 Å². The van der Waals surface area contributed by atoms with E-state index in [1.807, 2.05) is 79.7 Å². The van der Waals surface area contributed by atoms with Gasteiger partial charge in [-0.3, -0.25) is 24.5 Å². The lowest BCUT2D eigenvalue weighted by Crippen LogP contribution is -2.52. The van der Waals surface area contributed by atoms with Crippen molar-refractivity contribution in [2.45, 2.75) is 82.1 Å². The van der Waals surface area contributed by atoms with Gasteiger partial charge in [0.15, 0.2) is 5.60 Å². The van der Waals surface area contributed by atoms with Crippen molar-refractivity contribution in [2.24, 2.45) is 5.92 Å². The van der Waals surface area contributed by atoms with Crippen LogP contribution in [-0.2, 0) is 44.2 Å². The minimum absolute atomic E-state index is 0.0363. The van der Waals surface area contributed by atoms with Crippen LogP contribution in [0.5, 0.6) is 5.75 Å². The molecule has 1 spiro atoms. The normalized spacial score (nSPS) is 24.3. The number of rotatable bonds is 10. The smallest absolute Gasteiger partial charge is 0.269 e. The molecule has 2 saturated heterocycles. The fraction of sp³-hybridized carbons (Fsp3) is 0.386. The van der Waals surface area contributed by atoms with E-state index in [9.17, 15) is 24.8 Å². The summed E-state index contributed by atoms with van der Waals surface area (Å²) in [5.74, 6) is -0.251. The lowest BCUT2D eigenvalue weighted by atomic mass is 9.82. The summed E-state index contributed by atoms with van der Waals surface area (Å²) in [4.78, 5) is 59.6. The Balaban J connectivity index is 1.21. The number of carbonyl (C=O) groups excluding carboxylic acids is 3. The number of aliphatic hydroxyl groups is 1. The van der Waals surface area contributed by atoms with Gasteiger partial charge in [0.1, 0.15) is 5.75 Å². The van der Waals surface area contributed by atoms with Gasteiger partial charge in [-0.05, 0) is 65.4 Å². The van der Waals surface area contributed by atoms with Gasteiger partial charge in [0.05, 0.1) is 57.5 Å². The highest BCUT2D eigenvalue weighted by molar-refractivity contribution is 6.91. The van der Waals surface area contributed by atoms with Gasteiger partial charge >= 0.3 is 0 Å². The summed E-state index contributed by atoms with van der Waals surface area (Å²) < 4.78 is 12.7. The first-order valence-corrected chi connectivity index (χ1v) is 22.7. The molecule has 1 N–H and O–H groups in total. The highest BCUT2D eigenvalue weighted by Crippen LogP contribution is 2.60. The molecule has 4 aliphatic rings. The first-order valence-electron chi connectivity index (χ1n) is 19.7. The summed E-state index contributed by atoms with van der Waals surface area (Å²) >= 11 is 0. The Morgan fingerprint density at radius 3 is 2.46 bits per heavy atom. The summed E-state index contributed by atoms with van der Waals surface area (Å²) in [5.41, 5.74) is 2.54. The number of aliphatic hydroxyl groups excluding tert-OH is 1. The number of carbonyl (C=O) groups is 3. The molecular formula is C44H48N4O8Si. The molecule has 0 saturated carbocycles. The fourth-order valence-electron chi connectivity index (χ4n) is 10.0. The maximum Gasteiger partial charge on any atom is 0.269 e. The lowest BCUT2D eigenvalue weighted by molar-refractivity contribution is -0.385. The second-order valence-corrected chi connectivity index (χ2v) is 21.0. The maximum absolute atomic E-state index is 15.4. The molecule has 5 atom stereocenters. The van der Waals surface area contributed by atoms with Crippen molar-refractivity contribution in [2.75, 3.05) is 30.1 Å². The molecule has 13 heteroatoms. The number of hydrogen-bond donors (Lipinski definition) is 1. The van der Waals surface area contributed by atoms with E-state index in [2.05, 4.69) is 13.1 Å². The number of non-ortho nitro benzene ring substituents is 1. The number of benzene rings is 4. The topological polar surface area (TPSA) is 143 Å². The van der Waals surface area contributed by atoms with Crippen molar-refractivity contribution in [1.29, 1.82) is 0 Å². The molecule has 3 amide bonds. The van der Waals surface area contributed by atoms with Gasteiger partial charge in [0.25, 0.3) is 11.6 Å². The van der Waals surface area contributed by atoms with Crippen LogP contribution in [0.3, 0.4) is 0 Å². The zero-order valence-electron chi connectivity index (χ0n) is 32.7. The molecule has 4 aromatic rings. The van der Waals surface area contributed by atoms with E-state index >= 15 is 4.79 Å². The highest BCUT2D eigenvalue weighted by atomic mass is 28.3. The minimum Gasteiger partial charge on any atom is -0.497 e. The predicted molar refractivity (Wildman–Crippen MR) is 218 cm³/mol. The predicted octanol–water partition coefficient (Wildman–Crippen LogP) is 5.83. The minimum atomic E-state index is -2.66. The number of fused-ring (bicyclic) bond motifs is 3. The molecule has 0 aliphatic carbocycles. The van der Waals surface area contributed by atoms with Gasteiger partial charge in [-0.2, -0.15) is 0 Å². The van der Waals surface area contributed by atoms with Crippen LogP contribution in [0, 0.1) is 16.0 Å². The van der Waals surface area contributed by atoms with Crippen LogP contribution in [0.1, 0.15) is 48.4 Å². The molecule has 4 aliphatic heterocycles. The molecule has 0 bridgehead atoms. The fourth-order valence-corrected chi connectivity index (χ4v) is 14.0. The third-order valence-electron chi connectivity index (χ3n) is 12.9. The van der Waals surface area contributed by atoms with Crippen molar-refractivity contribution in [3.63, 3.8) is 0 Å². The maximum atomic E-state index is 15.4. The average molecular weight is 789 g/mol. The Kier molecular flexibility index (Phi) is 10.0. The monoisotopic (exact) mass is 788 g/mol. The number of nitro groups is 1. The first kappa shape index (κ1) is 38.5. The van der Waals surface area contributed by atoms with Crippen molar-refractivity contribution in [3.8, 4) is 5.75 Å². The van der Waals surface area contributed by atoms with Crippen molar-refractivity contribution < 1.29 is 33.9 Å². The third-order valence-corrected chi connectivity index (χ3v) is 17.3. The van der Waals surface area contributed by atoms with Crippen LogP contribution < -0.4 is 19.7 Å². The number of methoxy groups -OCH3 is 1. The van der Waals surface area contributed by atoms with Crippen LogP contribution >= 0.6 is 0 Å². The molecule has 4 heterocycles. The zero-order chi connectivity index (χ0) is 40.2. The Morgan fingerprint density at radius 1 is 1.02 bits per heavy atom. The Hall–Kier alpha value is -5.37. The van der Waals surface area contributed by atoms with E-state index in [-0.39, 0.29) is 48.5 Å². The number of amides is 3. The average Bonchev–Trinajstić information content (AvgIpc) is 3.85. The zero-order valence-corrected chi connectivity index (χ0v) is 33.7. The number of nitro benzene ring substituents is 1. The second-order valence-electron chi connectivity index (χ2n) is 16.4. The third kappa shape index (κ3) is 6.51. The largest absolute Gasteiger partial charge is 0.497 e. The number of hydrogen-bond acceptors (Lipinski definition) is 8. The molecule has 0 aromatic heterocycles. The molecule has 4 aromatic carbocycles. The summed E-state index contributed by atoms with van der Waals surface area (Å²) in [6, 6.07) is 27.6. The van der Waals surface area contributed by atoms with Crippen LogP contribution in [-0.4, -0.2) is 73.1 Å². The van der Waals surface area contributed by atoms with Crippen molar-refractivity contribution in [1.82, 2.24) is 4.90 Å². The van der Waals surface area contributed by atoms with Gasteiger partial charge in [-0.1, -0.05) is 73.7 Å². The van der Waals surface area contributed by atoms with E-state index < -0.39 is 36.7 Å². The number of anilines is 2. The van der Waals surface area contributed by atoms with Gasteiger partial charge < -0.3 is 29.3 Å². The van der Waals surface area contributed by atoms with Crippen LogP contribution in [0.2, 0.25) is 18.6 Å². The summed E-state index contributed by atoms with van der Waals surface area (Å²) in [7, 11) is -1.04. The van der Waals surface area contributed by atoms with E-state index in [0.29, 0.717) is 42.9 Å². The van der Waals surface area contributed by atoms with Crippen LogP contribution in [0.4, 0.5) is 17.1 Å². The first-order chi connectivity index (χ1) is 27.4. The quantitative estimate of drug-likeness (QED) is 0.120. The van der Waals surface area contributed by atoms with Crippen molar-refractivity contribution in [3.05, 3.63) is 123 Å². The molecule has 2 fully saturated rings. The summed E-state index contributed by atoms with van der Waals surface area (Å²) in [6.07, 6.45) is 1.03. The Bertz CT molecular complexity index is 2250. The van der Waals surface area contributed by atoms with Gasteiger partial charge in [0.2, 0.25) is 11.8 Å². The Morgan fingerprint density at radius 2 is 1.77 bits per heavy atom. The van der Waals surface area contributed by atoms with E-state index in [0.717, 1.165) is 34.0 Å². The number of nitrogens with zero attached hydrogens (tertiary/aromatic N) is 4. The van der Waals surface area contributed by atoms with E-state index in [1.165, 1.54) is 12.1 Å².